The minimum atomic E-state index is -0.843. The molecule has 0 aliphatic carbocycles. The Hall–Kier alpha value is -3.14. The summed E-state index contributed by atoms with van der Waals surface area (Å²) in [6, 6.07) is 5.96. The third-order valence-electron chi connectivity index (χ3n) is 6.99. The smallest absolute Gasteiger partial charge is 0.355 e. The summed E-state index contributed by atoms with van der Waals surface area (Å²) in [5.74, 6) is -2.66. The number of morpholine rings is 1. The molecular weight excluding hydrogens is 498 g/mol. The number of aryl methyl sites for hydroxylation is 1. The first-order valence-corrected chi connectivity index (χ1v) is 12.9. The number of nitrogens with one attached hydrogen (secondary N) is 2. The maximum absolute atomic E-state index is 13.9. The molecule has 0 bridgehead atoms. The Bertz CT molecular complexity index is 1210. The van der Waals surface area contributed by atoms with Crippen molar-refractivity contribution in [1.82, 2.24) is 9.88 Å². The van der Waals surface area contributed by atoms with Crippen LogP contribution >= 0.6 is 11.6 Å². The monoisotopic (exact) mass is 529 g/mol. The van der Waals surface area contributed by atoms with Crippen LogP contribution in [0.5, 0.6) is 0 Å². The number of aromatic nitrogens is 1. The van der Waals surface area contributed by atoms with Crippen LogP contribution in [0.4, 0.5) is 0 Å². The minimum absolute atomic E-state index is 0.119. The standard InChI is InChI=1S/C27H32ClN3O6/c1-4-37-27(35)22-16(2)20(17(3)29-22)24(32)21-23(18-6-8-19(28)9-7-18)31(26(34)25(21)33)11-5-10-30-12-14-36-15-13-30/h6-9,23,29,32H,4-5,10-15H2,1-3H3. The van der Waals surface area contributed by atoms with Gasteiger partial charge in [-0.2, -0.15) is 0 Å². The molecule has 0 radical (unpaired) electrons. The summed E-state index contributed by atoms with van der Waals surface area (Å²) in [7, 11) is 0. The zero-order chi connectivity index (χ0) is 26.7. The summed E-state index contributed by atoms with van der Waals surface area (Å²) in [5, 5.41) is 14.4. The van der Waals surface area contributed by atoms with Crippen molar-refractivity contribution in [3.63, 3.8) is 0 Å². The molecule has 2 saturated heterocycles. The highest BCUT2D eigenvalue weighted by Gasteiger charge is 2.44. The maximum Gasteiger partial charge on any atom is 0.355 e. The van der Waals surface area contributed by atoms with Gasteiger partial charge in [0.1, 0.15) is 18.8 Å². The van der Waals surface area contributed by atoms with E-state index in [-0.39, 0.29) is 23.4 Å². The second kappa shape index (κ2) is 11.5. The maximum atomic E-state index is 13.9. The number of aromatic amines is 1. The van der Waals surface area contributed by atoms with Crippen molar-refractivity contribution in [2.24, 2.45) is 0 Å². The van der Waals surface area contributed by atoms with Gasteiger partial charge in [-0.1, -0.05) is 29.5 Å². The Morgan fingerprint density at radius 2 is 1.89 bits per heavy atom. The fourth-order valence-electron chi connectivity index (χ4n) is 5.13. The number of benzene rings is 1. The van der Waals surface area contributed by atoms with Crippen molar-refractivity contribution in [3.8, 4) is 0 Å². The highest BCUT2D eigenvalue weighted by molar-refractivity contribution is 6.46. The number of carbonyl (C=O) groups is 3. The number of ether oxygens (including phenoxy) is 2. The van der Waals surface area contributed by atoms with E-state index in [2.05, 4.69) is 4.98 Å². The van der Waals surface area contributed by atoms with Crippen molar-refractivity contribution < 1.29 is 33.9 Å². The van der Waals surface area contributed by atoms with E-state index in [0.717, 1.165) is 19.6 Å². The van der Waals surface area contributed by atoms with Gasteiger partial charge in [0, 0.05) is 29.3 Å². The lowest BCUT2D eigenvalue weighted by molar-refractivity contribution is -0.908. The normalized spacial score (nSPS) is 20.0. The number of amides is 1. The van der Waals surface area contributed by atoms with Crippen LogP contribution in [-0.4, -0.2) is 73.5 Å². The van der Waals surface area contributed by atoms with E-state index in [9.17, 15) is 19.5 Å². The number of ketones is 1. The molecular formula is C27H32ClN3O6. The van der Waals surface area contributed by atoms with Gasteiger partial charge in [0.15, 0.2) is 0 Å². The summed E-state index contributed by atoms with van der Waals surface area (Å²) in [6.07, 6.45) is 0.676. The van der Waals surface area contributed by atoms with Crippen molar-refractivity contribution in [2.75, 3.05) is 46.0 Å². The first-order chi connectivity index (χ1) is 17.7. The molecule has 1 aromatic carbocycles. The third kappa shape index (κ3) is 5.44. The molecule has 4 rings (SSSR count). The van der Waals surface area contributed by atoms with E-state index in [1.165, 1.54) is 9.80 Å². The number of rotatable bonds is 8. The van der Waals surface area contributed by atoms with Gasteiger partial charge < -0.3 is 29.4 Å². The molecule has 1 amide bonds. The Morgan fingerprint density at radius 3 is 2.54 bits per heavy atom. The van der Waals surface area contributed by atoms with Crippen LogP contribution in [0.2, 0.25) is 5.02 Å². The quantitative estimate of drug-likeness (QED) is 0.228. The second-order valence-electron chi connectivity index (χ2n) is 9.34. The number of likely N-dealkylation sites (tertiary alicyclic amines) is 1. The number of quaternary nitrogens is 1. The van der Waals surface area contributed by atoms with E-state index >= 15 is 0 Å². The van der Waals surface area contributed by atoms with Crippen LogP contribution in [-0.2, 0) is 19.1 Å². The van der Waals surface area contributed by atoms with Gasteiger partial charge >= 0.3 is 5.97 Å². The van der Waals surface area contributed by atoms with Crippen LogP contribution in [0, 0.1) is 13.8 Å². The second-order valence-corrected chi connectivity index (χ2v) is 9.77. The molecule has 2 N–H and O–H groups in total. The Morgan fingerprint density at radius 1 is 1.22 bits per heavy atom. The predicted molar refractivity (Wildman–Crippen MR) is 135 cm³/mol. The van der Waals surface area contributed by atoms with E-state index in [1.54, 1.807) is 45.0 Å². The molecule has 1 unspecified atom stereocenters. The molecule has 198 valence electrons. The molecule has 9 nitrogen and oxygen atoms in total. The van der Waals surface area contributed by atoms with Crippen LogP contribution in [0.1, 0.15) is 52.3 Å². The Balaban J connectivity index is 1.73. The van der Waals surface area contributed by atoms with E-state index < -0.39 is 29.5 Å². The predicted octanol–water partition coefficient (Wildman–Crippen LogP) is 0.991. The molecule has 2 aliphatic heterocycles. The zero-order valence-corrected chi connectivity index (χ0v) is 22.1. The molecule has 0 spiro atoms. The summed E-state index contributed by atoms with van der Waals surface area (Å²) < 4.78 is 10.5. The highest BCUT2D eigenvalue weighted by Crippen LogP contribution is 2.40. The number of carbonyl (C=O) groups excluding carboxylic acids is 3. The van der Waals surface area contributed by atoms with E-state index in [4.69, 9.17) is 21.1 Å². The number of nitrogens with zero attached hydrogens (tertiary/aromatic N) is 1. The molecule has 0 saturated carbocycles. The SMILES string of the molecule is CCOC(=O)c1[nH]c(C)c(C([O-])=C2C(=O)C(=O)N(CCC[NH+]3CCOCC3)C2c2ccc(Cl)cc2)c1C. The summed E-state index contributed by atoms with van der Waals surface area (Å²) in [6.45, 7) is 9.55. The molecule has 1 aromatic heterocycles. The molecule has 3 heterocycles. The first-order valence-electron chi connectivity index (χ1n) is 12.5. The van der Waals surface area contributed by atoms with Crippen LogP contribution in [0.15, 0.2) is 29.8 Å². The largest absolute Gasteiger partial charge is 0.872 e. The fraction of sp³-hybridized carbons (Fsp3) is 0.444. The van der Waals surface area contributed by atoms with E-state index in [1.807, 2.05) is 0 Å². The van der Waals surface area contributed by atoms with Gasteiger partial charge in [0.25, 0.3) is 5.91 Å². The van der Waals surface area contributed by atoms with Crippen molar-refractivity contribution in [3.05, 3.63) is 62.9 Å². The Kier molecular flexibility index (Phi) is 8.36. The zero-order valence-electron chi connectivity index (χ0n) is 21.3. The molecule has 37 heavy (non-hydrogen) atoms. The topological polar surface area (TPSA) is 116 Å². The average molecular weight is 530 g/mol. The molecule has 1 atom stereocenters. The Labute approximate surface area is 221 Å². The number of Topliss-reactive ketones (excluding diaryl/α,β-unsaturated/α-hetero) is 1. The lowest BCUT2D eigenvalue weighted by atomic mass is 9.94. The van der Waals surface area contributed by atoms with E-state index in [0.29, 0.717) is 48.0 Å². The van der Waals surface area contributed by atoms with Gasteiger partial charge in [0.2, 0.25) is 5.78 Å². The van der Waals surface area contributed by atoms with Crippen molar-refractivity contribution in [2.45, 2.75) is 33.2 Å². The lowest BCUT2D eigenvalue weighted by Crippen LogP contribution is -3.14. The third-order valence-corrected chi connectivity index (χ3v) is 7.24. The summed E-state index contributed by atoms with van der Waals surface area (Å²) >= 11 is 6.09. The fourth-order valence-corrected chi connectivity index (χ4v) is 5.26. The van der Waals surface area contributed by atoms with Crippen molar-refractivity contribution >= 4 is 35.0 Å². The number of halogens is 1. The number of hydrogen-bond acceptors (Lipinski definition) is 6. The average Bonchev–Trinajstić information content (AvgIpc) is 3.32. The summed E-state index contributed by atoms with van der Waals surface area (Å²) in [5.41, 5.74) is 1.69. The van der Waals surface area contributed by atoms with Gasteiger partial charge in [-0.3, -0.25) is 9.59 Å². The molecule has 2 aromatic rings. The van der Waals surface area contributed by atoms with Gasteiger partial charge in [-0.15, -0.1) is 0 Å². The summed E-state index contributed by atoms with van der Waals surface area (Å²) in [4.78, 5) is 44.7. The lowest BCUT2D eigenvalue weighted by Gasteiger charge is -2.29. The van der Waals surface area contributed by atoms with Crippen LogP contribution < -0.4 is 10.0 Å². The van der Waals surface area contributed by atoms with Gasteiger partial charge in [0.05, 0.1) is 32.4 Å². The number of esters is 1. The number of hydrogen-bond donors (Lipinski definition) is 2. The van der Waals surface area contributed by atoms with Crippen molar-refractivity contribution in [1.29, 1.82) is 0 Å². The van der Waals surface area contributed by atoms with Crippen LogP contribution in [0.3, 0.4) is 0 Å². The number of H-pyrrole nitrogens is 1. The molecule has 2 fully saturated rings. The molecule has 10 heteroatoms. The highest BCUT2D eigenvalue weighted by atomic mass is 35.5. The van der Waals surface area contributed by atoms with Crippen LogP contribution in [0.25, 0.3) is 5.76 Å². The van der Waals surface area contributed by atoms with Gasteiger partial charge in [-0.25, -0.2) is 4.79 Å². The first kappa shape index (κ1) is 26.9. The van der Waals surface area contributed by atoms with Gasteiger partial charge in [-0.05, 0) is 49.6 Å². The molecule has 2 aliphatic rings. The minimum Gasteiger partial charge on any atom is -0.872 e.